The van der Waals surface area contributed by atoms with Gasteiger partial charge in [-0.05, 0) is 18.6 Å². The van der Waals surface area contributed by atoms with Crippen molar-refractivity contribution in [1.82, 2.24) is 5.32 Å². The fraction of sp³-hybridized carbons (Fsp3) is 0.571. The predicted octanol–water partition coefficient (Wildman–Crippen LogP) is 3.51. The highest BCUT2D eigenvalue weighted by molar-refractivity contribution is 5.25. The molecule has 0 amide bonds. The van der Waals surface area contributed by atoms with Gasteiger partial charge in [0.05, 0.1) is 0 Å². The van der Waals surface area contributed by atoms with E-state index in [0.29, 0.717) is 12.6 Å². The molecule has 1 N–H and O–H groups in total. The highest BCUT2D eigenvalue weighted by atomic mass is 19.2. The SMILES string of the molecule is CCCC(CNC(C)C)Oc1cccc(F)c1F. The fourth-order valence-corrected chi connectivity index (χ4v) is 1.65. The molecule has 0 spiro atoms. The third kappa shape index (κ3) is 4.61. The maximum atomic E-state index is 13.5. The number of ether oxygens (including phenoxy) is 1. The number of hydrogen-bond donors (Lipinski definition) is 1. The van der Waals surface area contributed by atoms with Crippen molar-refractivity contribution in [2.45, 2.75) is 45.8 Å². The third-order valence-electron chi connectivity index (χ3n) is 2.57. The third-order valence-corrected chi connectivity index (χ3v) is 2.57. The van der Waals surface area contributed by atoms with Gasteiger partial charge in [0, 0.05) is 12.6 Å². The second kappa shape index (κ2) is 7.31. The molecular formula is C14H21F2NO. The summed E-state index contributed by atoms with van der Waals surface area (Å²) in [6.45, 7) is 6.73. The van der Waals surface area contributed by atoms with Crippen molar-refractivity contribution >= 4 is 0 Å². The lowest BCUT2D eigenvalue weighted by molar-refractivity contribution is 0.174. The molecule has 4 heteroatoms. The highest BCUT2D eigenvalue weighted by Crippen LogP contribution is 2.21. The zero-order chi connectivity index (χ0) is 13.5. The first-order chi connectivity index (χ1) is 8.54. The molecule has 18 heavy (non-hydrogen) atoms. The molecule has 0 radical (unpaired) electrons. The lowest BCUT2D eigenvalue weighted by atomic mass is 10.2. The zero-order valence-corrected chi connectivity index (χ0v) is 11.2. The molecule has 0 fully saturated rings. The van der Waals surface area contributed by atoms with Crippen LogP contribution in [-0.2, 0) is 0 Å². The molecule has 0 aliphatic rings. The first kappa shape index (κ1) is 14.9. The van der Waals surface area contributed by atoms with Crippen LogP contribution in [0.1, 0.15) is 33.6 Å². The summed E-state index contributed by atoms with van der Waals surface area (Å²) in [5.41, 5.74) is 0. The van der Waals surface area contributed by atoms with Gasteiger partial charge in [-0.2, -0.15) is 4.39 Å². The van der Waals surface area contributed by atoms with E-state index in [9.17, 15) is 8.78 Å². The molecule has 1 rings (SSSR count). The Morgan fingerprint density at radius 2 is 2.00 bits per heavy atom. The van der Waals surface area contributed by atoms with E-state index in [4.69, 9.17) is 4.74 Å². The first-order valence-corrected chi connectivity index (χ1v) is 6.38. The maximum absolute atomic E-state index is 13.5. The molecule has 0 saturated heterocycles. The molecule has 102 valence electrons. The van der Waals surface area contributed by atoms with Crippen molar-refractivity contribution in [3.05, 3.63) is 29.8 Å². The summed E-state index contributed by atoms with van der Waals surface area (Å²) in [4.78, 5) is 0. The van der Waals surface area contributed by atoms with E-state index in [1.54, 1.807) is 0 Å². The Morgan fingerprint density at radius 3 is 2.61 bits per heavy atom. The predicted molar refractivity (Wildman–Crippen MR) is 68.8 cm³/mol. The second-order valence-electron chi connectivity index (χ2n) is 4.64. The van der Waals surface area contributed by atoms with Gasteiger partial charge in [0.1, 0.15) is 6.10 Å². The minimum Gasteiger partial charge on any atom is -0.486 e. The number of hydrogen-bond acceptors (Lipinski definition) is 2. The number of rotatable bonds is 7. The smallest absolute Gasteiger partial charge is 0.200 e. The molecule has 0 bridgehead atoms. The van der Waals surface area contributed by atoms with Crippen molar-refractivity contribution in [2.24, 2.45) is 0 Å². The van der Waals surface area contributed by atoms with Crippen LogP contribution in [0.4, 0.5) is 8.78 Å². The summed E-state index contributed by atoms with van der Waals surface area (Å²) in [7, 11) is 0. The molecule has 0 aliphatic carbocycles. The van der Waals surface area contributed by atoms with E-state index < -0.39 is 11.6 Å². The van der Waals surface area contributed by atoms with Crippen molar-refractivity contribution < 1.29 is 13.5 Å². The van der Waals surface area contributed by atoms with Gasteiger partial charge in [-0.25, -0.2) is 4.39 Å². The van der Waals surface area contributed by atoms with Gasteiger partial charge in [-0.1, -0.05) is 33.3 Å². The minimum absolute atomic E-state index is 0.0148. The van der Waals surface area contributed by atoms with E-state index in [1.165, 1.54) is 12.1 Å². The fourth-order valence-electron chi connectivity index (χ4n) is 1.65. The zero-order valence-electron chi connectivity index (χ0n) is 11.2. The van der Waals surface area contributed by atoms with E-state index in [1.807, 2.05) is 20.8 Å². The van der Waals surface area contributed by atoms with Crippen LogP contribution >= 0.6 is 0 Å². The molecule has 1 aromatic carbocycles. The quantitative estimate of drug-likeness (QED) is 0.807. The average Bonchev–Trinajstić information content (AvgIpc) is 2.32. The molecular weight excluding hydrogens is 236 g/mol. The topological polar surface area (TPSA) is 21.3 Å². The van der Waals surface area contributed by atoms with Gasteiger partial charge >= 0.3 is 0 Å². The van der Waals surface area contributed by atoms with Gasteiger partial charge < -0.3 is 10.1 Å². The number of benzene rings is 1. The molecule has 1 aromatic rings. The standard InChI is InChI=1S/C14H21F2NO/c1-4-6-11(9-17-10(2)3)18-13-8-5-7-12(15)14(13)16/h5,7-8,10-11,17H,4,6,9H2,1-3H3. The van der Waals surface area contributed by atoms with Gasteiger partial charge in [-0.15, -0.1) is 0 Å². The Morgan fingerprint density at radius 1 is 1.28 bits per heavy atom. The van der Waals surface area contributed by atoms with Crippen LogP contribution in [0.3, 0.4) is 0 Å². The van der Waals surface area contributed by atoms with Crippen LogP contribution in [0.5, 0.6) is 5.75 Å². The Hall–Kier alpha value is -1.16. The molecule has 1 atom stereocenters. The Balaban J connectivity index is 2.67. The minimum atomic E-state index is -0.914. The van der Waals surface area contributed by atoms with Crippen LogP contribution in [-0.4, -0.2) is 18.7 Å². The number of nitrogens with one attached hydrogen (secondary N) is 1. The Labute approximate surface area is 107 Å². The molecule has 2 nitrogen and oxygen atoms in total. The van der Waals surface area contributed by atoms with Gasteiger partial charge in [-0.3, -0.25) is 0 Å². The van der Waals surface area contributed by atoms with E-state index in [2.05, 4.69) is 5.32 Å². The summed E-state index contributed by atoms with van der Waals surface area (Å²) < 4.78 is 32.1. The molecule has 0 heterocycles. The summed E-state index contributed by atoms with van der Waals surface area (Å²) in [6.07, 6.45) is 1.59. The molecule has 0 aromatic heterocycles. The van der Waals surface area contributed by atoms with Crippen LogP contribution in [0.25, 0.3) is 0 Å². The summed E-state index contributed by atoms with van der Waals surface area (Å²) in [6, 6.07) is 4.33. The summed E-state index contributed by atoms with van der Waals surface area (Å²) in [5.74, 6) is -1.80. The van der Waals surface area contributed by atoms with Crippen LogP contribution in [0, 0.1) is 11.6 Å². The van der Waals surface area contributed by atoms with Gasteiger partial charge in [0.2, 0.25) is 5.82 Å². The van der Waals surface area contributed by atoms with Gasteiger partial charge in [0.25, 0.3) is 0 Å². The number of halogens is 2. The monoisotopic (exact) mass is 257 g/mol. The largest absolute Gasteiger partial charge is 0.486 e. The lowest BCUT2D eigenvalue weighted by Crippen LogP contribution is -2.35. The first-order valence-electron chi connectivity index (χ1n) is 6.38. The van der Waals surface area contributed by atoms with Crippen LogP contribution in [0.2, 0.25) is 0 Å². The maximum Gasteiger partial charge on any atom is 0.200 e. The van der Waals surface area contributed by atoms with Crippen molar-refractivity contribution in [3.8, 4) is 5.75 Å². The van der Waals surface area contributed by atoms with E-state index >= 15 is 0 Å². The summed E-state index contributed by atoms with van der Waals surface area (Å²) >= 11 is 0. The molecule has 1 unspecified atom stereocenters. The summed E-state index contributed by atoms with van der Waals surface area (Å²) in [5, 5.41) is 3.24. The van der Waals surface area contributed by atoms with E-state index in [-0.39, 0.29) is 11.9 Å². The van der Waals surface area contributed by atoms with Crippen LogP contribution < -0.4 is 10.1 Å². The second-order valence-corrected chi connectivity index (χ2v) is 4.64. The lowest BCUT2D eigenvalue weighted by Gasteiger charge is -2.21. The Bertz CT molecular complexity index is 369. The van der Waals surface area contributed by atoms with Crippen molar-refractivity contribution in [2.75, 3.05) is 6.54 Å². The van der Waals surface area contributed by atoms with Crippen molar-refractivity contribution in [3.63, 3.8) is 0 Å². The molecule has 0 aliphatic heterocycles. The van der Waals surface area contributed by atoms with E-state index in [0.717, 1.165) is 18.9 Å². The highest BCUT2D eigenvalue weighted by Gasteiger charge is 2.15. The van der Waals surface area contributed by atoms with Crippen LogP contribution in [0.15, 0.2) is 18.2 Å². The van der Waals surface area contributed by atoms with Gasteiger partial charge in [0.15, 0.2) is 11.6 Å². The normalized spacial score (nSPS) is 12.8. The molecule has 0 saturated carbocycles. The van der Waals surface area contributed by atoms with Crippen molar-refractivity contribution in [1.29, 1.82) is 0 Å². The average molecular weight is 257 g/mol. The Kier molecular flexibility index (Phi) is 6.05.